The van der Waals surface area contributed by atoms with Crippen molar-refractivity contribution >= 4 is 49.5 Å². The van der Waals surface area contributed by atoms with Crippen molar-refractivity contribution in [3.63, 3.8) is 0 Å². The molecule has 1 aromatic carbocycles. The number of nitrogens with zero attached hydrogens (tertiary/aromatic N) is 6. The molecule has 0 unspecified atom stereocenters. The van der Waals surface area contributed by atoms with Crippen molar-refractivity contribution in [2.45, 2.75) is 129 Å². The van der Waals surface area contributed by atoms with Crippen LogP contribution >= 0.6 is 7.82 Å². The van der Waals surface area contributed by atoms with Gasteiger partial charge in [-0.1, -0.05) is 25.4 Å². The lowest BCUT2D eigenvalue weighted by molar-refractivity contribution is -0.139. The van der Waals surface area contributed by atoms with E-state index in [0.29, 0.717) is 56.3 Å². The lowest BCUT2D eigenvalue weighted by Crippen LogP contribution is -2.61. The minimum atomic E-state index is -5.13. The molecule has 0 spiro atoms. The molecule has 6 atom stereocenters. The Morgan fingerprint density at radius 1 is 0.913 bits per heavy atom. The number of aliphatic hydroxyl groups is 1. The molecule has 24 nitrogen and oxygen atoms in total. The van der Waals surface area contributed by atoms with Gasteiger partial charge in [-0.15, -0.1) is 0 Å². The number of nitrogens with one attached hydrogen (secondary N) is 4. The molecule has 378 valence electrons. The van der Waals surface area contributed by atoms with Crippen LogP contribution in [0.3, 0.4) is 0 Å². The zero-order valence-electron chi connectivity index (χ0n) is 39.4. The van der Waals surface area contributed by atoms with E-state index in [1.54, 1.807) is 35.4 Å². The molecule has 4 rings (SSSR count). The number of aromatic nitrogens is 4. The number of likely N-dealkylation sites (tertiary alicyclic amines) is 1. The second kappa shape index (κ2) is 27.0. The molecule has 0 bridgehead atoms. The molecule has 3 heterocycles. The molecule has 0 saturated carbocycles. The van der Waals surface area contributed by atoms with Gasteiger partial charge in [-0.05, 0) is 88.1 Å². The quantitative estimate of drug-likeness (QED) is 0.0217. The van der Waals surface area contributed by atoms with Crippen molar-refractivity contribution in [1.82, 2.24) is 45.7 Å². The number of benzene rings is 1. The molecule has 0 radical (unpaired) electrons. The monoisotopic (exact) mass is 985 g/mol. The Kier molecular flexibility index (Phi) is 21.6. The number of amides is 6. The van der Waals surface area contributed by atoms with Gasteiger partial charge in [0.1, 0.15) is 42.6 Å². The van der Waals surface area contributed by atoms with Gasteiger partial charge in [0.15, 0.2) is 0 Å². The third kappa shape index (κ3) is 18.6. The van der Waals surface area contributed by atoms with Gasteiger partial charge in [0.2, 0.25) is 41.3 Å². The number of oxime groups is 1. The van der Waals surface area contributed by atoms with Crippen molar-refractivity contribution in [3.8, 4) is 11.6 Å². The molecular formula is C44H64N11O13P. The number of primary amides is 1. The summed E-state index contributed by atoms with van der Waals surface area (Å²) in [5.74, 6) is -3.99. The minimum Gasteiger partial charge on any atom is -0.437 e. The summed E-state index contributed by atoms with van der Waals surface area (Å²) < 4.78 is 23.4. The molecule has 25 heteroatoms. The Morgan fingerprint density at radius 2 is 1.59 bits per heavy atom. The van der Waals surface area contributed by atoms with Crippen LogP contribution in [0.25, 0.3) is 0 Å². The Morgan fingerprint density at radius 3 is 2.25 bits per heavy atom. The van der Waals surface area contributed by atoms with E-state index in [4.69, 9.17) is 15.3 Å². The van der Waals surface area contributed by atoms with E-state index in [9.17, 15) is 48.2 Å². The molecule has 1 fully saturated rings. The van der Waals surface area contributed by atoms with Crippen LogP contribution in [-0.2, 0) is 55.7 Å². The maximum Gasteiger partial charge on any atom is 0.469 e. The third-order valence-electron chi connectivity index (χ3n) is 10.8. The number of phosphoric ester groups is 1. The summed E-state index contributed by atoms with van der Waals surface area (Å²) in [6, 6.07) is 0.344. The number of rotatable bonds is 28. The number of hydrogen-bond donors (Lipinski definition) is 8. The summed E-state index contributed by atoms with van der Waals surface area (Å²) in [7, 11) is -5.13. The molecule has 9 N–H and O–H groups in total. The standard InChI is InChI=1S/C44H64N11O13P/c1-27(2)19-34(51-44(62)37-11-10-17-55(37)30(5)57)41(59)50-35(42(60)52-36(25-56)43(61)53-39(40(45)58)29(4)68-69(63,64)65)20-32-23-47-26-54(32)16-8-6-7-9-18-66-48-22-31-12-14-33(15-13-31)67-38-24-46-21-28(3)49-38/h12-15,21-24,26-27,29,34-37,39,56H,6-11,16-20,25H2,1-5H3,(H2,45,58)(H,50,59)(H,51,62)(H,52,60)(H,53,61)(H2,63,64,65)/b48-22+/t29-,34+,35+,36+,37+,39+/m1/s1. The normalized spacial score (nSPS) is 16.0. The molecule has 1 saturated heterocycles. The second-order valence-corrected chi connectivity index (χ2v) is 18.2. The van der Waals surface area contributed by atoms with Gasteiger partial charge in [0.25, 0.3) is 0 Å². The van der Waals surface area contributed by atoms with Crippen LogP contribution in [-0.4, -0.2) is 137 Å². The third-order valence-corrected chi connectivity index (χ3v) is 11.4. The number of nitrogens with two attached hydrogens (primary N) is 1. The first kappa shape index (κ1) is 55.3. The van der Waals surface area contributed by atoms with Gasteiger partial charge in [-0.2, -0.15) is 0 Å². The molecule has 6 amide bonds. The smallest absolute Gasteiger partial charge is 0.437 e. The van der Waals surface area contributed by atoms with Crippen LogP contribution in [0.1, 0.15) is 89.6 Å². The van der Waals surface area contributed by atoms with Crippen molar-refractivity contribution in [2.24, 2.45) is 16.8 Å². The molecular weight excluding hydrogens is 922 g/mol. The first-order chi connectivity index (χ1) is 32.7. The maximum absolute atomic E-state index is 14.1. The second-order valence-electron chi connectivity index (χ2n) is 17.0. The predicted molar refractivity (Wildman–Crippen MR) is 248 cm³/mol. The molecule has 3 aromatic rings. The number of phosphoric acid groups is 1. The molecule has 69 heavy (non-hydrogen) atoms. The minimum absolute atomic E-state index is 0.107. The number of imidazole rings is 1. The van der Waals surface area contributed by atoms with E-state index in [2.05, 4.69) is 45.9 Å². The van der Waals surface area contributed by atoms with E-state index >= 15 is 0 Å². The molecule has 0 aliphatic carbocycles. The zero-order chi connectivity index (χ0) is 50.7. The van der Waals surface area contributed by atoms with Crippen molar-refractivity contribution in [1.29, 1.82) is 0 Å². The highest BCUT2D eigenvalue weighted by atomic mass is 31.2. The fourth-order valence-electron chi connectivity index (χ4n) is 7.40. The number of aryl methyl sites for hydroxylation is 2. The highest BCUT2D eigenvalue weighted by Crippen LogP contribution is 2.38. The van der Waals surface area contributed by atoms with Crippen LogP contribution in [0.2, 0.25) is 0 Å². The highest BCUT2D eigenvalue weighted by Gasteiger charge is 2.37. The van der Waals surface area contributed by atoms with Gasteiger partial charge >= 0.3 is 7.82 Å². The number of carbonyl (C=O) groups is 6. The fraction of sp³-hybridized carbons (Fsp3) is 0.545. The Hall–Kier alpha value is -6.33. The summed E-state index contributed by atoms with van der Waals surface area (Å²) in [5, 5.41) is 24.2. The largest absolute Gasteiger partial charge is 0.469 e. The number of unbranched alkanes of at least 4 members (excludes halogenated alkanes) is 3. The van der Waals surface area contributed by atoms with E-state index in [-0.39, 0.29) is 24.7 Å². The summed E-state index contributed by atoms with van der Waals surface area (Å²) in [5.41, 5.74) is 7.43. The molecule has 1 aliphatic heterocycles. The Bertz CT molecular complexity index is 2270. The van der Waals surface area contributed by atoms with Crippen LogP contribution < -0.4 is 31.7 Å². The number of aliphatic hydroxyl groups excluding tert-OH is 1. The van der Waals surface area contributed by atoms with Gasteiger partial charge in [-0.25, -0.2) is 14.5 Å². The van der Waals surface area contributed by atoms with Crippen LogP contribution in [0.15, 0.2) is 54.3 Å². The van der Waals surface area contributed by atoms with E-state index in [1.165, 1.54) is 24.2 Å². The lowest BCUT2D eigenvalue weighted by atomic mass is 10.0. The Labute approximate surface area is 399 Å². The van der Waals surface area contributed by atoms with Crippen LogP contribution in [0.5, 0.6) is 11.6 Å². The van der Waals surface area contributed by atoms with Gasteiger partial charge < -0.3 is 60.9 Å². The lowest BCUT2D eigenvalue weighted by Gasteiger charge is -2.28. The van der Waals surface area contributed by atoms with Crippen LogP contribution in [0.4, 0.5) is 0 Å². The van der Waals surface area contributed by atoms with Crippen molar-refractivity contribution in [2.75, 3.05) is 19.8 Å². The van der Waals surface area contributed by atoms with Crippen LogP contribution in [0, 0.1) is 12.8 Å². The summed E-state index contributed by atoms with van der Waals surface area (Å²) in [6.45, 7) is 8.19. The van der Waals surface area contributed by atoms with Gasteiger partial charge in [0, 0.05) is 44.5 Å². The van der Waals surface area contributed by atoms with E-state index in [0.717, 1.165) is 37.4 Å². The summed E-state index contributed by atoms with van der Waals surface area (Å²) in [6.07, 6.45) is 10.3. The first-order valence-electron chi connectivity index (χ1n) is 22.6. The average molecular weight is 986 g/mol. The predicted octanol–water partition coefficient (Wildman–Crippen LogP) is 0.899. The number of ether oxygens (including phenoxy) is 1. The van der Waals surface area contributed by atoms with Crippen molar-refractivity contribution in [3.05, 3.63) is 66.1 Å². The summed E-state index contributed by atoms with van der Waals surface area (Å²) >= 11 is 0. The molecule has 1 aliphatic rings. The van der Waals surface area contributed by atoms with E-state index < -0.39 is 80.3 Å². The SMILES string of the molecule is CC(=O)N1CCC[C@H]1C(=O)N[C@@H](CC(C)C)C(=O)N[C@@H](Cc1cncn1CCCCCCO/N=C/c1ccc(Oc2cncc(C)n2)cc1)C(=O)N[C@@H](CO)C(=O)N[C@H](C(N)=O)[C@@H](C)OP(=O)(O)O. The van der Waals surface area contributed by atoms with E-state index in [1.807, 2.05) is 32.9 Å². The number of carbonyl (C=O) groups excluding carboxylic acids is 6. The fourth-order valence-corrected chi connectivity index (χ4v) is 7.96. The van der Waals surface area contributed by atoms with Gasteiger partial charge in [-0.3, -0.25) is 38.3 Å². The number of hydrogen-bond acceptors (Lipinski definition) is 15. The topological polar surface area (TPSA) is 341 Å². The Balaban J connectivity index is 1.39. The molecule has 2 aromatic heterocycles. The van der Waals surface area contributed by atoms with Crippen molar-refractivity contribution < 1.29 is 62.3 Å². The first-order valence-corrected chi connectivity index (χ1v) is 24.1. The maximum atomic E-state index is 14.1. The summed E-state index contributed by atoms with van der Waals surface area (Å²) in [4.78, 5) is 117. The average Bonchev–Trinajstić information content (AvgIpc) is 3.96. The van der Waals surface area contributed by atoms with Gasteiger partial charge in [0.05, 0.1) is 37.1 Å². The zero-order valence-corrected chi connectivity index (χ0v) is 40.2. The highest BCUT2D eigenvalue weighted by molar-refractivity contribution is 7.46.